The zero-order chi connectivity index (χ0) is 89.9. The topological polar surface area (TPSA) is 385 Å². The summed E-state index contributed by atoms with van der Waals surface area (Å²) >= 11 is 0. The van der Waals surface area contributed by atoms with E-state index in [1.807, 2.05) is 243 Å². The highest BCUT2D eigenvalue weighted by molar-refractivity contribution is 7.90. The maximum atomic E-state index is 12.0. The van der Waals surface area contributed by atoms with E-state index in [-0.39, 0.29) is 4.90 Å². The second-order valence-corrected chi connectivity index (χ2v) is 39.1. The minimum Gasteiger partial charge on any atom is -0.748 e. The Bertz CT molecular complexity index is 8510. The molecule has 0 atom stereocenters. The molecule has 5 heterocycles. The monoisotopic (exact) mass is 1800 g/mol. The van der Waals surface area contributed by atoms with Gasteiger partial charge >= 0.3 is 0 Å². The predicted octanol–water partition coefficient (Wildman–Crippen LogP) is 19.8. The molecule has 0 bridgehead atoms. The zero-order valence-electron chi connectivity index (χ0n) is 67.5. The molecule has 0 saturated carbocycles. The minimum absolute atomic E-state index is 0.252. The lowest BCUT2D eigenvalue weighted by Gasteiger charge is -2.15. The molecule has 15 aromatic carbocycles. The van der Waals surface area contributed by atoms with Crippen molar-refractivity contribution >= 4 is 169 Å². The summed E-state index contributed by atoms with van der Waals surface area (Å²) in [7, 11) is -25.3. The first-order chi connectivity index (χ1) is 61.2. The average Bonchev–Trinajstić information content (AvgIpc) is 0.772. The zero-order valence-corrected chi connectivity index (χ0v) is 72.4. The van der Waals surface area contributed by atoms with Gasteiger partial charge in [-0.1, -0.05) is 297 Å². The Labute approximate surface area is 736 Å². The molecule has 0 radical (unpaired) electrons. The Morgan fingerprint density at radius 2 is 0.453 bits per heavy atom. The van der Waals surface area contributed by atoms with Crippen molar-refractivity contribution in [2.45, 2.75) is 32.8 Å². The van der Waals surface area contributed by atoms with Gasteiger partial charge in [-0.15, -0.1) is 0 Å². The first kappa shape index (κ1) is 87.6. The molecule has 0 spiro atoms. The Balaban J connectivity index is 0.000000118. The second-order valence-electron chi connectivity index (χ2n) is 30.1. The van der Waals surface area contributed by atoms with Gasteiger partial charge in [0.05, 0.1) is 129 Å². The normalized spacial score (nSPS) is 12.0. The quantitative estimate of drug-likeness (QED) is 0.0679. The van der Waals surface area contributed by atoms with Gasteiger partial charge in [0.1, 0.15) is 10.1 Å². The van der Waals surface area contributed by atoms with E-state index in [4.69, 9.17) is 19.9 Å². The maximum Gasteiger partial charge on any atom is 0.175 e. The van der Waals surface area contributed by atoms with Gasteiger partial charge < -0.3 is 22.8 Å². The van der Waals surface area contributed by atoms with Crippen LogP contribution in [0.1, 0.15) is 22.3 Å². The smallest absolute Gasteiger partial charge is 0.175 e. The van der Waals surface area contributed by atoms with Crippen LogP contribution in [0.15, 0.2) is 368 Å². The summed E-state index contributed by atoms with van der Waals surface area (Å²) in [6.07, 6.45) is 1.23. The van der Waals surface area contributed by atoms with Gasteiger partial charge in [0.15, 0.2) is 9.84 Å². The van der Waals surface area contributed by atoms with Gasteiger partial charge in [0, 0.05) is 87.9 Å². The molecule has 28 heteroatoms. The second kappa shape index (κ2) is 36.2. The van der Waals surface area contributed by atoms with E-state index in [1.54, 1.807) is 91.0 Å². The van der Waals surface area contributed by atoms with Crippen LogP contribution in [0.25, 0.3) is 165 Å². The van der Waals surface area contributed by atoms with Crippen LogP contribution in [0, 0.1) is 0 Å². The first-order valence-electron chi connectivity index (χ1n) is 39.5. The van der Waals surface area contributed by atoms with Crippen molar-refractivity contribution in [2.75, 3.05) is 6.26 Å². The molecule has 0 aliphatic heterocycles. The van der Waals surface area contributed by atoms with Crippen molar-refractivity contribution in [1.82, 2.24) is 24.9 Å². The van der Waals surface area contributed by atoms with Gasteiger partial charge in [-0.3, -0.25) is 0 Å². The van der Waals surface area contributed by atoms with Crippen molar-refractivity contribution in [3.05, 3.63) is 380 Å². The number of benzene rings is 15. The molecular weight excluding hydrogens is 1740 g/mol. The predicted molar refractivity (Wildman–Crippen MR) is 498 cm³/mol. The highest BCUT2D eigenvalue weighted by Crippen LogP contribution is 2.41. The molecule has 0 aliphatic rings. The van der Waals surface area contributed by atoms with Crippen LogP contribution in [0.4, 0.5) is 0 Å². The van der Waals surface area contributed by atoms with E-state index < -0.39 is 83.4 Å². The molecule has 0 fully saturated rings. The number of para-hydroxylation sites is 5. The summed E-state index contributed by atoms with van der Waals surface area (Å²) in [6, 6.07) is 109. The number of sulfone groups is 1. The van der Waals surface area contributed by atoms with Gasteiger partial charge in [-0.2, -0.15) is 0 Å². The molecule has 5 aromatic heterocycles. The Morgan fingerprint density at radius 1 is 0.211 bits per heavy atom. The third-order valence-corrected chi connectivity index (χ3v) is 25.9. The lowest BCUT2D eigenvalue weighted by Crippen LogP contribution is -2.02. The SMILES string of the molecule is CS(=O)(=O)c1ccc2c(c1)c(-c1ccccc1)nc1ccccc12.O=S(=O)([O-])Cc1ccc(-c2nc3ccccc3c3ccc(CS(=O)(=O)[O-])cc23)cc1.O=S(=O)([O-])Cc1ccc(-c2nc3ccccc3c3ccccc23)cc1.O=S(=O)([O-])Cc1ccc2c(c1)c(-c1ccccc1)nc1ccccc12.O=S(=O)([O-])c1ccccc1-c1nc2ccccc2c2ccccc12. The average molecular weight is 1810 g/mol. The summed E-state index contributed by atoms with van der Waals surface area (Å²) in [5.74, 6) is -2.26. The van der Waals surface area contributed by atoms with E-state index in [9.17, 15) is 73.3 Å². The fourth-order valence-electron chi connectivity index (χ4n) is 15.6. The molecule has 0 saturated heterocycles. The number of pyridine rings is 5. The van der Waals surface area contributed by atoms with Crippen molar-refractivity contribution in [2.24, 2.45) is 0 Å². The summed E-state index contributed by atoms with van der Waals surface area (Å²) in [4.78, 5) is 23.8. The van der Waals surface area contributed by atoms with Crippen LogP contribution in [-0.4, -0.2) is 104 Å². The van der Waals surface area contributed by atoms with Crippen molar-refractivity contribution in [1.29, 1.82) is 0 Å². The molecule has 638 valence electrons. The van der Waals surface area contributed by atoms with Crippen molar-refractivity contribution in [3.63, 3.8) is 0 Å². The molecule has 20 rings (SSSR count). The Kier molecular flexibility index (Phi) is 24.8. The molecule has 0 amide bonds. The van der Waals surface area contributed by atoms with E-state index in [0.717, 1.165) is 137 Å². The van der Waals surface area contributed by atoms with Crippen LogP contribution in [-0.2, 0) is 83.4 Å². The third kappa shape index (κ3) is 20.3. The molecule has 20 aromatic rings. The van der Waals surface area contributed by atoms with E-state index in [2.05, 4.69) is 17.1 Å². The third-order valence-electron chi connectivity index (χ3n) is 21.2. The van der Waals surface area contributed by atoms with Crippen molar-refractivity contribution < 1.29 is 73.3 Å². The molecule has 22 nitrogen and oxygen atoms in total. The number of hydrogen-bond donors (Lipinski definition) is 0. The largest absolute Gasteiger partial charge is 0.748 e. The summed E-state index contributed by atoms with van der Waals surface area (Å²) in [5, 5.41) is 14.1. The molecular formula is C100H70N5O17S6-5. The standard InChI is InChI=1S/C21H17NO6S2.2C20H15NO3S.C20H15NO2S.C19H13NO3S/c23-29(24,25)12-14-5-8-16(9-6-14)21-19-11-15(13-30(26,27)28)7-10-17(19)18-3-1-2-4-20(18)22-21;22-25(23,24)13-14-9-11-15(12-10-14)20-18-7-2-1-5-16(18)17-6-3-4-8-19(17)21-20;22-25(23,24)13-14-10-11-16-17-8-4-5-9-19(17)21-20(18(16)12-14)15-6-2-1-3-7-15;1-24(22,23)15-11-12-16-17-9-5-6-10-19(17)21-20(18(16)13-15)14-7-3-2-4-8-14;21-24(22,23)18-12-6-4-10-16(18)19-15-9-2-1-7-13(15)14-8-3-5-11-17(14)20-19/h1-11H,12-13H2,(H,23,24,25)(H,26,27,28);2*1-12H,13H2,(H,22,23,24);2-13H,1H3;1-12H,(H,21,22,23)/p-5. The van der Waals surface area contributed by atoms with E-state index in [0.29, 0.717) is 55.1 Å². The summed E-state index contributed by atoms with van der Waals surface area (Å²) in [6.45, 7) is 0. The number of fused-ring (bicyclic) bond motifs is 15. The lowest BCUT2D eigenvalue weighted by molar-refractivity contribution is 0.459. The molecule has 0 unspecified atom stereocenters. The fraction of sp³-hybridized carbons (Fsp3) is 0.0500. The molecule has 0 aliphatic carbocycles. The van der Waals surface area contributed by atoms with Crippen molar-refractivity contribution in [3.8, 4) is 56.3 Å². The Morgan fingerprint density at radius 3 is 0.789 bits per heavy atom. The molecule has 0 N–H and O–H groups in total. The number of hydrogen-bond acceptors (Lipinski definition) is 22. The summed E-state index contributed by atoms with van der Waals surface area (Å²) < 4.78 is 192. The van der Waals surface area contributed by atoms with Crippen LogP contribution < -0.4 is 0 Å². The fourth-order valence-corrected chi connectivity index (χ4v) is 19.4. The highest BCUT2D eigenvalue weighted by Gasteiger charge is 2.21. The minimum atomic E-state index is -4.59. The van der Waals surface area contributed by atoms with Crippen LogP contribution in [0.2, 0.25) is 0 Å². The van der Waals surface area contributed by atoms with Gasteiger partial charge in [0.25, 0.3) is 0 Å². The van der Waals surface area contributed by atoms with Crippen LogP contribution in [0.5, 0.6) is 0 Å². The van der Waals surface area contributed by atoms with Gasteiger partial charge in [0.2, 0.25) is 0 Å². The lowest BCUT2D eigenvalue weighted by atomic mass is 9.98. The highest BCUT2D eigenvalue weighted by atomic mass is 32.2. The Hall–Kier alpha value is -13.9. The van der Waals surface area contributed by atoms with Crippen LogP contribution in [0.3, 0.4) is 0 Å². The number of nitrogens with zero attached hydrogens (tertiary/aromatic N) is 5. The number of aromatic nitrogens is 5. The van der Waals surface area contributed by atoms with Crippen LogP contribution >= 0.6 is 0 Å². The van der Waals surface area contributed by atoms with E-state index >= 15 is 0 Å². The molecule has 128 heavy (non-hydrogen) atoms. The first-order valence-corrected chi connectivity index (χ1v) is 49.1. The van der Waals surface area contributed by atoms with E-state index in [1.165, 1.54) is 18.4 Å². The summed E-state index contributed by atoms with van der Waals surface area (Å²) in [5.41, 5.74) is 13.1. The number of rotatable bonds is 15. The maximum absolute atomic E-state index is 12.0. The van der Waals surface area contributed by atoms with Gasteiger partial charge in [-0.25, -0.2) is 75.4 Å². The van der Waals surface area contributed by atoms with Gasteiger partial charge in [-0.05, 0) is 110 Å².